The highest BCUT2D eigenvalue weighted by Gasteiger charge is 1.48. The molecule has 4 heavy (non-hydrogen) atoms. The maximum absolute atomic E-state index is 7.62. The summed E-state index contributed by atoms with van der Waals surface area (Å²) in [6.07, 6.45) is 0. The van der Waals surface area contributed by atoms with E-state index in [2.05, 4.69) is 8.93 Å². The van der Waals surface area contributed by atoms with Crippen molar-refractivity contribution in [3.63, 3.8) is 0 Å². The molecule has 0 aromatic carbocycles. The third-order valence-corrected chi connectivity index (χ3v) is 0.581. The zero-order chi connectivity index (χ0) is 3.41. The minimum absolute atomic E-state index is 0.363. The summed E-state index contributed by atoms with van der Waals surface area (Å²) >= 11 is 0. The Kier molecular flexibility index (Phi) is 3.64. The van der Waals surface area contributed by atoms with Crippen LogP contribution in [0.1, 0.15) is 0 Å². The molecule has 0 bridgehead atoms. The van der Waals surface area contributed by atoms with Crippen LogP contribution < -0.4 is 0 Å². The first kappa shape index (κ1) is 4.35. The molecule has 0 saturated heterocycles. The van der Waals surface area contributed by atoms with Crippen molar-refractivity contribution in [3.05, 3.63) is 0 Å². The SMILES string of the molecule is N#CPP. The lowest BCUT2D eigenvalue weighted by atomic mass is 11.8. The minimum atomic E-state index is 0.363. The first-order valence-corrected chi connectivity index (χ1v) is 3.57. The van der Waals surface area contributed by atoms with Gasteiger partial charge in [-0.2, -0.15) is 5.26 Å². The van der Waals surface area contributed by atoms with E-state index in [1.54, 1.807) is 0 Å². The number of nitrogens with zero attached hydrogens (tertiary/aromatic N) is 1. The van der Waals surface area contributed by atoms with Crippen LogP contribution in [0.4, 0.5) is 0 Å². The molecule has 1 nitrogen and oxygen atoms in total. The van der Waals surface area contributed by atoms with Crippen molar-refractivity contribution in [2.45, 2.75) is 0 Å². The van der Waals surface area contributed by atoms with Gasteiger partial charge in [-0.05, 0) is 0 Å². The van der Waals surface area contributed by atoms with Gasteiger partial charge in [0, 0.05) is 8.27 Å². The van der Waals surface area contributed by atoms with Crippen molar-refractivity contribution in [1.82, 2.24) is 0 Å². The number of hydrogen-bond acceptors (Lipinski definition) is 1. The lowest BCUT2D eigenvalue weighted by Gasteiger charge is -1.48. The van der Waals surface area contributed by atoms with Crippen LogP contribution in [-0.4, -0.2) is 0 Å². The summed E-state index contributed by atoms with van der Waals surface area (Å²) in [4.78, 5) is 0. The summed E-state index contributed by atoms with van der Waals surface area (Å²) in [6.45, 7) is 0. The maximum atomic E-state index is 7.62. The van der Waals surface area contributed by atoms with Crippen LogP contribution in [0.25, 0.3) is 0 Å². The summed E-state index contributed by atoms with van der Waals surface area (Å²) in [5.74, 6) is 1.92. The van der Waals surface area contributed by atoms with E-state index >= 15 is 0 Å². The molecule has 3 heteroatoms. The van der Waals surface area contributed by atoms with Gasteiger partial charge >= 0.3 is 0 Å². The predicted octanol–water partition coefficient (Wildman–Crippen LogP) is 0.936. The molecule has 0 aliphatic carbocycles. The van der Waals surface area contributed by atoms with Crippen LogP contribution in [-0.2, 0) is 0 Å². The average Bonchev–Trinajstić information content (AvgIpc) is 1.37. The van der Waals surface area contributed by atoms with Crippen molar-refractivity contribution in [2.75, 3.05) is 0 Å². The minimum Gasteiger partial charge on any atom is -0.193 e. The average molecular weight is 91.0 g/mol. The molecule has 0 aliphatic rings. The standard InChI is InChI=1S/CH3NP2/c2-1-4-3/h4H,3H2. The van der Waals surface area contributed by atoms with Crippen LogP contribution in [0.3, 0.4) is 0 Å². The third kappa shape index (κ3) is 2.35. The van der Waals surface area contributed by atoms with Gasteiger partial charge in [0.2, 0.25) is 0 Å². The van der Waals surface area contributed by atoms with E-state index in [-0.39, 0.29) is 0 Å². The Balaban J connectivity index is 2.43. The summed E-state index contributed by atoms with van der Waals surface area (Å²) in [7, 11) is 2.68. The molecule has 0 N–H and O–H groups in total. The van der Waals surface area contributed by atoms with Crippen molar-refractivity contribution in [1.29, 1.82) is 5.26 Å². The first-order valence-electron chi connectivity index (χ1n) is 0.762. The molecule has 0 aliphatic heterocycles. The Morgan fingerprint density at radius 1 is 2.00 bits per heavy atom. The van der Waals surface area contributed by atoms with Crippen molar-refractivity contribution in [2.24, 2.45) is 0 Å². The maximum Gasteiger partial charge on any atom is 0.0880 e. The summed E-state index contributed by atoms with van der Waals surface area (Å²) in [5.41, 5.74) is 0. The quantitative estimate of drug-likeness (QED) is 0.407. The molecule has 0 amide bonds. The Hall–Kier alpha value is 0.350. The summed E-state index contributed by atoms with van der Waals surface area (Å²) < 4.78 is 0. The van der Waals surface area contributed by atoms with E-state index in [9.17, 15) is 0 Å². The highest BCUT2D eigenvalue weighted by Crippen LogP contribution is 2.14. The summed E-state index contributed by atoms with van der Waals surface area (Å²) in [6, 6.07) is 0. The Morgan fingerprint density at radius 2 is 2.25 bits per heavy atom. The van der Waals surface area contributed by atoms with E-state index < -0.39 is 0 Å². The van der Waals surface area contributed by atoms with E-state index in [1.165, 1.54) is 0 Å². The topological polar surface area (TPSA) is 23.8 Å². The number of nitriles is 1. The van der Waals surface area contributed by atoms with E-state index in [1.807, 2.05) is 5.81 Å². The zero-order valence-corrected chi connectivity index (χ0v) is 4.18. The van der Waals surface area contributed by atoms with Gasteiger partial charge in [-0.15, -0.1) is 0 Å². The second-order valence-corrected chi connectivity index (χ2v) is 1.63. The van der Waals surface area contributed by atoms with Gasteiger partial charge < -0.3 is 0 Å². The molecule has 0 spiro atoms. The summed E-state index contributed by atoms with van der Waals surface area (Å²) in [5, 5.41) is 7.62. The predicted molar refractivity (Wildman–Crippen MR) is 23.6 cm³/mol. The lowest BCUT2D eigenvalue weighted by molar-refractivity contribution is 1.57. The first-order chi connectivity index (χ1) is 1.91. The molecule has 2 atom stereocenters. The Bertz CT molecular complexity index is 35.8. The molecule has 0 aromatic heterocycles. The third-order valence-electron chi connectivity index (χ3n) is 0.0645. The van der Waals surface area contributed by atoms with E-state index in [0.29, 0.717) is 8.27 Å². The molecule has 0 fully saturated rings. The van der Waals surface area contributed by atoms with E-state index in [4.69, 9.17) is 5.26 Å². The molecule has 0 radical (unpaired) electrons. The second kappa shape index (κ2) is 3.35. The van der Waals surface area contributed by atoms with Gasteiger partial charge in [0.05, 0.1) is 5.81 Å². The smallest absolute Gasteiger partial charge is 0.0880 e. The molecular formula is CH3NP2. The van der Waals surface area contributed by atoms with Crippen LogP contribution in [0.15, 0.2) is 0 Å². The van der Waals surface area contributed by atoms with Gasteiger partial charge in [-0.25, -0.2) is 0 Å². The Labute approximate surface area is 29.3 Å². The molecule has 0 saturated carbocycles. The van der Waals surface area contributed by atoms with Crippen LogP contribution in [0, 0.1) is 11.1 Å². The largest absolute Gasteiger partial charge is 0.193 e. The molecular weight excluding hydrogens is 88.0 g/mol. The molecule has 0 aromatic rings. The van der Waals surface area contributed by atoms with Gasteiger partial charge in [0.15, 0.2) is 0 Å². The van der Waals surface area contributed by atoms with E-state index in [0.717, 1.165) is 0 Å². The highest BCUT2D eigenvalue weighted by atomic mass is 32.0. The van der Waals surface area contributed by atoms with Crippen molar-refractivity contribution in [3.8, 4) is 5.81 Å². The normalized spacial score (nSPS) is 8.00. The number of rotatable bonds is 0. The fourth-order valence-corrected chi connectivity index (χ4v) is 0. The van der Waals surface area contributed by atoms with Crippen LogP contribution >= 0.6 is 17.2 Å². The van der Waals surface area contributed by atoms with Crippen LogP contribution in [0.2, 0.25) is 0 Å². The zero-order valence-electron chi connectivity index (χ0n) is 2.02. The van der Waals surface area contributed by atoms with Crippen LogP contribution in [0.5, 0.6) is 0 Å². The van der Waals surface area contributed by atoms with Crippen molar-refractivity contribution < 1.29 is 0 Å². The fourth-order valence-electron chi connectivity index (χ4n) is 0. The van der Waals surface area contributed by atoms with Gasteiger partial charge in [0.1, 0.15) is 0 Å². The monoisotopic (exact) mass is 91.0 g/mol. The molecule has 2 unspecified atom stereocenters. The molecule has 22 valence electrons. The highest BCUT2D eigenvalue weighted by molar-refractivity contribution is 8.05. The fraction of sp³-hybridized carbons (Fsp3) is 0. The number of hydrogen-bond donors (Lipinski definition) is 0. The van der Waals surface area contributed by atoms with Crippen molar-refractivity contribution >= 4 is 17.2 Å². The lowest BCUT2D eigenvalue weighted by Crippen LogP contribution is -1.04. The Morgan fingerprint density at radius 3 is 2.25 bits per heavy atom. The van der Waals surface area contributed by atoms with Gasteiger partial charge in [-0.1, -0.05) is 8.93 Å². The van der Waals surface area contributed by atoms with Gasteiger partial charge in [0.25, 0.3) is 0 Å². The second-order valence-electron chi connectivity index (χ2n) is 0.256. The molecule has 0 heterocycles. The molecule has 0 rings (SSSR count). The van der Waals surface area contributed by atoms with Gasteiger partial charge in [-0.3, -0.25) is 0 Å².